The van der Waals surface area contributed by atoms with Crippen molar-refractivity contribution < 1.29 is 13.5 Å². The topological polar surface area (TPSA) is 45.9 Å². The second kappa shape index (κ2) is 4.01. The number of hydrogen-bond acceptors (Lipinski definition) is 3. The Labute approximate surface area is 79.9 Å². The summed E-state index contributed by atoms with van der Waals surface area (Å²) in [5.41, 5.74) is -0.167. The van der Waals surface area contributed by atoms with Crippen molar-refractivity contribution in [3.8, 4) is 11.9 Å². The largest absolute Gasteiger partial charge is 0.481 e. The van der Waals surface area contributed by atoms with Gasteiger partial charge in [0, 0.05) is 6.07 Å². The van der Waals surface area contributed by atoms with Gasteiger partial charge in [-0.25, -0.2) is 13.8 Å². The lowest BCUT2D eigenvalue weighted by Crippen LogP contribution is -2.00. The van der Waals surface area contributed by atoms with E-state index in [4.69, 9.17) is 10.00 Å². The van der Waals surface area contributed by atoms with E-state index in [-0.39, 0.29) is 11.4 Å². The summed E-state index contributed by atoms with van der Waals surface area (Å²) in [6.07, 6.45) is -2.77. The third-order valence-electron chi connectivity index (χ3n) is 1.75. The van der Waals surface area contributed by atoms with Crippen LogP contribution < -0.4 is 4.74 Å². The molecular formula is C9H8F2N2O. The number of methoxy groups -OCH3 is 1. The Morgan fingerprint density at radius 2 is 2.21 bits per heavy atom. The van der Waals surface area contributed by atoms with Gasteiger partial charge in [0.15, 0.2) is 0 Å². The number of hydrogen-bond donors (Lipinski definition) is 0. The monoisotopic (exact) mass is 198 g/mol. The third kappa shape index (κ3) is 1.79. The second-order valence-electron chi connectivity index (χ2n) is 2.65. The van der Waals surface area contributed by atoms with E-state index in [0.717, 1.165) is 0 Å². The van der Waals surface area contributed by atoms with E-state index >= 15 is 0 Å². The van der Waals surface area contributed by atoms with Gasteiger partial charge in [-0.3, -0.25) is 0 Å². The minimum Gasteiger partial charge on any atom is -0.481 e. The molecule has 0 atom stereocenters. The van der Waals surface area contributed by atoms with Gasteiger partial charge in [0.2, 0.25) is 5.88 Å². The first kappa shape index (κ1) is 10.4. The van der Waals surface area contributed by atoms with Crippen molar-refractivity contribution in [1.29, 1.82) is 5.26 Å². The summed E-state index contributed by atoms with van der Waals surface area (Å²) in [5.74, 6) is 0.0943. The summed E-state index contributed by atoms with van der Waals surface area (Å²) in [6.45, 7) is 1.56. The minimum absolute atomic E-state index is 0.0826. The molecule has 1 aromatic heterocycles. The Balaban J connectivity index is 3.37. The average molecular weight is 198 g/mol. The summed E-state index contributed by atoms with van der Waals surface area (Å²) >= 11 is 0. The SMILES string of the molecule is COc1cc(C)c(C#N)c(C(F)F)n1. The third-order valence-corrected chi connectivity index (χ3v) is 1.75. The molecule has 1 aromatic rings. The number of rotatable bonds is 2. The molecule has 0 fully saturated rings. The maximum Gasteiger partial charge on any atom is 0.281 e. The van der Waals surface area contributed by atoms with E-state index < -0.39 is 12.1 Å². The highest BCUT2D eigenvalue weighted by atomic mass is 19.3. The van der Waals surface area contributed by atoms with Gasteiger partial charge >= 0.3 is 0 Å². The zero-order chi connectivity index (χ0) is 10.7. The van der Waals surface area contributed by atoms with E-state index in [1.165, 1.54) is 13.2 Å². The summed E-state index contributed by atoms with van der Waals surface area (Å²) in [7, 11) is 1.34. The fourth-order valence-corrected chi connectivity index (χ4v) is 1.07. The number of alkyl halides is 2. The van der Waals surface area contributed by atoms with Crippen molar-refractivity contribution in [2.75, 3.05) is 7.11 Å². The molecule has 3 nitrogen and oxygen atoms in total. The smallest absolute Gasteiger partial charge is 0.281 e. The molecule has 0 spiro atoms. The molecule has 0 saturated carbocycles. The highest BCUT2D eigenvalue weighted by molar-refractivity contribution is 5.43. The Kier molecular flexibility index (Phi) is 2.97. The van der Waals surface area contributed by atoms with Crippen molar-refractivity contribution in [2.24, 2.45) is 0 Å². The molecule has 0 unspecified atom stereocenters. The molecule has 74 valence electrons. The number of nitriles is 1. The number of aromatic nitrogens is 1. The molecule has 0 aliphatic carbocycles. The van der Waals surface area contributed by atoms with E-state index in [9.17, 15) is 8.78 Å². The molecule has 0 saturated heterocycles. The molecule has 0 N–H and O–H groups in total. The van der Waals surface area contributed by atoms with E-state index in [1.54, 1.807) is 13.0 Å². The van der Waals surface area contributed by atoms with Crippen LogP contribution in [0.5, 0.6) is 5.88 Å². The molecule has 0 bridgehead atoms. The number of aryl methyl sites for hydroxylation is 1. The van der Waals surface area contributed by atoms with Gasteiger partial charge in [0.25, 0.3) is 6.43 Å². The Morgan fingerprint density at radius 3 is 2.64 bits per heavy atom. The Hall–Kier alpha value is -1.70. The molecule has 0 amide bonds. The maximum atomic E-state index is 12.4. The number of halogens is 2. The summed E-state index contributed by atoms with van der Waals surface area (Å²) in [5, 5.41) is 8.65. The standard InChI is InChI=1S/C9H8F2N2O/c1-5-3-7(14-2)13-8(9(10)11)6(5)4-12/h3,9H,1-2H3. The first-order valence-corrected chi connectivity index (χ1v) is 3.84. The van der Waals surface area contributed by atoms with Gasteiger partial charge < -0.3 is 4.74 Å². The van der Waals surface area contributed by atoms with Gasteiger partial charge in [-0.2, -0.15) is 5.26 Å². The molecule has 0 aliphatic rings. The van der Waals surface area contributed by atoms with Crippen LogP contribution in [-0.4, -0.2) is 12.1 Å². The predicted molar refractivity (Wildman–Crippen MR) is 45.2 cm³/mol. The molecule has 0 radical (unpaired) electrons. The van der Waals surface area contributed by atoms with Crippen LogP contribution in [0.4, 0.5) is 8.78 Å². The van der Waals surface area contributed by atoms with Crippen LogP contribution >= 0.6 is 0 Å². The Morgan fingerprint density at radius 1 is 1.57 bits per heavy atom. The fraction of sp³-hybridized carbons (Fsp3) is 0.333. The quantitative estimate of drug-likeness (QED) is 0.731. The molecule has 0 aromatic carbocycles. The first-order chi connectivity index (χ1) is 6.60. The molecular weight excluding hydrogens is 190 g/mol. The van der Waals surface area contributed by atoms with Crippen LogP contribution in [0.1, 0.15) is 23.2 Å². The van der Waals surface area contributed by atoms with Crippen LogP contribution in [-0.2, 0) is 0 Å². The van der Waals surface area contributed by atoms with Gasteiger partial charge in [-0.15, -0.1) is 0 Å². The van der Waals surface area contributed by atoms with Gasteiger partial charge in [0.1, 0.15) is 11.8 Å². The van der Waals surface area contributed by atoms with Crippen molar-refractivity contribution in [1.82, 2.24) is 4.98 Å². The summed E-state index contributed by atoms with van der Waals surface area (Å²) in [6, 6.07) is 3.15. The lowest BCUT2D eigenvalue weighted by atomic mass is 10.1. The predicted octanol–water partition coefficient (Wildman–Crippen LogP) is 2.21. The van der Waals surface area contributed by atoms with E-state index in [0.29, 0.717) is 5.56 Å². The minimum atomic E-state index is -2.77. The molecule has 1 heterocycles. The van der Waals surface area contributed by atoms with Gasteiger partial charge in [0.05, 0.1) is 12.7 Å². The lowest BCUT2D eigenvalue weighted by Gasteiger charge is -2.07. The fourth-order valence-electron chi connectivity index (χ4n) is 1.07. The number of ether oxygens (including phenoxy) is 1. The van der Waals surface area contributed by atoms with E-state index in [1.807, 2.05) is 0 Å². The summed E-state index contributed by atoms with van der Waals surface area (Å²) in [4.78, 5) is 3.53. The van der Waals surface area contributed by atoms with Crippen LogP contribution in [0.25, 0.3) is 0 Å². The number of nitrogens with zero attached hydrogens (tertiary/aromatic N) is 2. The van der Waals surface area contributed by atoms with Crippen LogP contribution in [0.2, 0.25) is 0 Å². The zero-order valence-corrected chi connectivity index (χ0v) is 7.71. The van der Waals surface area contributed by atoms with Gasteiger partial charge in [-0.1, -0.05) is 0 Å². The number of pyridine rings is 1. The first-order valence-electron chi connectivity index (χ1n) is 3.84. The van der Waals surface area contributed by atoms with Crippen molar-refractivity contribution in [2.45, 2.75) is 13.3 Å². The van der Waals surface area contributed by atoms with Crippen molar-refractivity contribution >= 4 is 0 Å². The lowest BCUT2D eigenvalue weighted by molar-refractivity contribution is 0.144. The second-order valence-corrected chi connectivity index (χ2v) is 2.65. The molecule has 1 rings (SSSR count). The van der Waals surface area contributed by atoms with Crippen LogP contribution in [0.3, 0.4) is 0 Å². The highest BCUT2D eigenvalue weighted by Gasteiger charge is 2.18. The maximum absolute atomic E-state index is 12.4. The summed E-state index contributed by atoms with van der Waals surface area (Å²) < 4.78 is 29.6. The van der Waals surface area contributed by atoms with Crippen molar-refractivity contribution in [3.63, 3.8) is 0 Å². The average Bonchev–Trinajstić information content (AvgIpc) is 2.16. The zero-order valence-electron chi connectivity index (χ0n) is 7.71. The van der Waals surface area contributed by atoms with E-state index in [2.05, 4.69) is 4.98 Å². The highest BCUT2D eigenvalue weighted by Crippen LogP contribution is 2.25. The van der Waals surface area contributed by atoms with Crippen LogP contribution in [0.15, 0.2) is 6.07 Å². The van der Waals surface area contributed by atoms with Crippen LogP contribution in [0, 0.1) is 18.3 Å². The molecule has 14 heavy (non-hydrogen) atoms. The molecule has 0 aliphatic heterocycles. The van der Waals surface area contributed by atoms with Crippen molar-refractivity contribution in [3.05, 3.63) is 22.9 Å². The Bertz CT molecular complexity index is 385. The van der Waals surface area contributed by atoms with Gasteiger partial charge in [-0.05, 0) is 12.5 Å². The molecule has 5 heteroatoms. The normalized spacial score (nSPS) is 10.0.